The number of carbonyl (C=O) groups is 1. The van der Waals surface area contributed by atoms with Gasteiger partial charge in [0, 0.05) is 36.2 Å². The van der Waals surface area contributed by atoms with Crippen LogP contribution in [0.2, 0.25) is 0 Å². The van der Waals surface area contributed by atoms with Gasteiger partial charge in [-0.05, 0) is 63.9 Å². The number of aromatic nitrogens is 3. The Morgan fingerprint density at radius 1 is 1.00 bits per heavy atom. The minimum absolute atomic E-state index is 0.0244. The van der Waals surface area contributed by atoms with Gasteiger partial charge in [0.05, 0.1) is 5.56 Å². The molecule has 2 aromatic carbocycles. The van der Waals surface area contributed by atoms with Gasteiger partial charge in [-0.25, -0.2) is 14.4 Å². The standard InChI is InChI=1S/C22H17BrFN5OS/c23-17-4-2-1-3-16(17)22(30)29-11-9-28(10-12-29)21-20-19(25-13-26-21)18(27-31-20)14-5-7-15(24)8-6-14/h1-8,13H,9-12H2. The van der Waals surface area contributed by atoms with Crippen LogP contribution in [0.1, 0.15) is 10.4 Å². The molecule has 0 bridgehead atoms. The zero-order valence-corrected chi connectivity index (χ0v) is 18.7. The van der Waals surface area contributed by atoms with Crippen molar-refractivity contribution in [1.29, 1.82) is 0 Å². The van der Waals surface area contributed by atoms with Crippen molar-refractivity contribution < 1.29 is 9.18 Å². The van der Waals surface area contributed by atoms with Gasteiger partial charge in [0.15, 0.2) is 5.82 Å². The first-order valence-corrected chi connectivity index (χ1v) is 11.3. The Labute approximate surface area is 190 Å². The first kappa shape index (κ1) is 20.0. The Bertz CT molecular complexity index is 1250. The monoisotopic (exact) mass is 497 g/mol. The molecule has 0 unspecified atom stereocenters. The third kappa shape index (κ3) is 3.79. The van der Waals surface area contributed by atoms with Crippen LogP contribution in [-0.4, -0.2) is 51.3 Å². The van der Waals surface area contributed by atoms with E-state index in [1.165, 1.54) is 30.0 Å². The highest BCUT2D eigenvalue weighted by Gasteiger charge is 2.26. The van der Waals surface area contributed by atoms with Crippen molar-refractivity contribution in [3.8, 4) is 11.3 Å². The second kappa shape index (κ2) is 8.32. The van der Waals surface area contributed by atoms with Gasteiger partial charge in [-0.15, -0.1) is 0 Å². The molecule has 9 heteroatoms. The summed E-state index contributed by atoms with van der Waals surface area (Å²) >= 11 is 4.81. The number of benzene rings is 2. The van der Waals surface area contributed by atoms with E-state index < -0.39 is 0 Å². The molecule has 1 saturated heterocycles. The molecule has 0 atom stereocenters. The van der Waals surface area contributed by atoms with E-state index in [2.05, 4.69) is 35.2 Å². The SMILES string of the molecule is O=C(c1ccccc1Br)N1CCN(c2ncnc3c(-c4ccc(F)cc4)nsc23)CC1. The molecule has 0 aliphatic carbocycles. The van der Waals surface area contributed by atoms with E-state index in [9.17, 15) is 9.18 Å². The molecular weight excluding hydrogens is 481 g/mol. The molecule has 2 aromatic heterocycles. The third-order valence-electron chi connectivity index (χ3n) is 5.33. The van der Waals surface area contributed by atoms with E-state index in [0.717, 1.165) is 31.8 Å². The number of rotatable bonds is 3. The summed E-state index contributed by atoms with van der Waals surface area (Å²) in [5.41, 5.74) is 2.98. The molecule has 156 valence electrons. The van der Waals surface area contributed by atoms with Gasteiger partial charge in [0.1, 0.15) is 28.1 Å². The first-order valence-electron chi connectivity index (χ1n) is 9.77. The number of nitrogens with zero attached hydrogens (tertiary/aromatic N) is 5. The average Bonchev–Trinajstić information content (AvgIpc) is 3.24. The Kier molecular flexibility index (Phi) is 5.37. The lowest BCUT2D eigenvalue weighted by atomic mass is 10.1. The normalized spacial score (nSPS) is 14.3. The van der Waals surface area contributed by atoms with Crippen LogP contribution in [0.25, 0.3) is 21.5 Å². The maximum atomic E-state index is 13.3. The Balaban J connectivity index is 1.37. The zero-order valence-electron chi connectivity index (χ0n) is 16.3. The quantitative estimate of drug-likeness (QED) is 0.413. The van der Waals surface area contributed by atoms with Crippen LogP contribution in [-0.2, 0) is 0 Å². The van der Waals surface area contributed by atoms with Crippen LogP contribution in [0.5, 0.6) is 0 Å². The molecule has 0 radical (unpaired) electrons. The topological polar surface area (TPSA) is 62.2 Å². The fourth-order valence-electron chi connectivity index (χ4n) is 3.70. The summed E-state index contributed by atoms with van der Waals surface area (Å²) in [7, 11) is 0. The highest BCUT2D eigenvalue weighted by atomic mass is 79.9. The van der Waals surface area contributed by atoms with E-state index in [4.69, 9.17) is 0 Å². The molecule has 1 aliphatic heterocycles. The summed E-state index contributed by atoms with van der Waals surface area (Å²) in [4.78, 5) is 25.9. The summed E-state index contributed by atoms with van der Waals surface area (Å²) in [6.45, 7) is 2.56. The van der Waals surface area contributed by atoms with Crippen LogP contribution in [0, 0.1) is 5.82 Å². The predicted octanol–water partition coefficient (Wildman–Crippen LogP) is 4.62. The number of hydrogen-bond acceptors (Lipinski definition) is 6. The van der Waals surface area contributed by atoms with Crippen molar-refractivity contribution in [3.05, 3.63) is 70.7 Å². The van der Waals surface area contributed by atoms with Gasteiger partial charge in [-0.1, -0.05) is 12.1 Å². The molecule has 1 fully saturated rings. The zero-order chi connectivity index (χ0) is 21.4. The molecular formula is C22H17BrFN5OS. The number of hydrogen-bond donors (Lipinski definition) is 0. The largest absolute Gasteiger partial charge is 0.352 e. The van der Waals surface area contributed by atoms with Crippen molar-refractivity contribution in [1.82, 2.24) is 19.2 Å². The number of halogens is 2. The average molecular weight is 498 g/mol. The van der Waals surface area contributed by atoms with E-state index >= 15 is 0 Å². The predicted molar refractivity (Wildman–Crippen MR) is 123 cm³/mol. The van der Waals surface area contributed by atoms with Gasteiger partial charge in [-0.2, -0.15) is 4.37 Å². The van der Waals surface area contributed by atoms with Crippen LogP contribution in [0.4, 0.5) is 10.2 Å². The number of anilines is 1. The number of amides is 1. The van der Waals surface area contributed by atoms with Gasteiger partial charge >= 0.3 is 0 Å². The lowest BCUT2D eigenvalue weighted by Gasteiger charge is -2.35. The summed E-state index contributed by atoms with van der Waals surface area (Å²) in [5.74, 6) is 0.564. The van der Waals surface area contributed by atoms with Crippen LogP contribution >= 0.6 is 27.5 Å². The second-order valence-electron chi connectivity index (χ2n) is 7.17. The van der Waals surface area contributed by atoms with Crippen molar-refractivity contribution in [3.63, 3.8) is 0 Å². The molecule has 1 amide bonds. The number of piperazine rings is 1. The Morgan fingerprint density at radius 3 is 2.48 bits per heavy atom. The molecule has 1 aliphatic rings. The minimum atomic E-state index is -0.284. The van der Waals surface area contributed by atoms with E-state index in [1.54, 1.807) is 12.1 Å². The lowest BCUT2D eigenvalue weighted by molar-refractivity contribution is 0.0745. The first-order chi connectivity index (χ1) is 15.1. The lowest BCUT2D eigenvalue weighted by Crippen LogP contribution is -2.49. The van der Waals surface area contributed by atoms with Crippen molar-refractivity contribution in [2.45, 2.75) is 0 Å². The third-order valence-corrected chi connectivity index (χ3v) is 6.85. The van der Waals surface area contributed by atoms with E-state index in [-0.39, 0.29) is 11.7 Å². The minimum Gasteiger partial charge on any atom is -0.352 e. The summed E-state index contributed by atoms with van der Waals surface area (Å²) in [6.07, 6.45) is 1.54. The van der Waals surface area contributed by atoms with Gasteiger partial charge in [0.2, 0.25) is 0 Å². The second-order valence-corrected chi connectivity index (χ2v) is 8.80. The highest BCUT2D eigenvalue weighted by Crippen LogP contribution is 2.34. The van der Waals surface area contributed by atoms with Gasteiger partial charge < -0.3 is 9.80 Å². The van der Waals surface area contributed by atoms with Crippen molar-refractivity contribution in [2.75, 3.05) is 31.1 Å². The summed E-state index contributed by atoms with van der Waals surface area (Å²) < 4.78 is 19.6. The number of fused-ring (bicyclic) bond motifs is 1. The molecule has 4 aromatic rings. The molecule has 0 saturated carbocycles. The maximum absolute atomic E-state index is 13.3. The maximum Gasteiger partial charge on any atom is 0.255 e. The Morgan fingerprint density at radius 2 is 1.74 bits per heavy atom. The summed E-state index contributed by atoms with van der Waals surface area (Å²) in [6, 6.07) is 13.7. The van der Waals surface area contributed by atoms with Gasteiger partial charge in [0.25, 0.3) is 5.91 Å². The molecule has 6 nitrogen and oxygen atoms in total. The molecule has 3 heterocycles. The smallest absolute Gasteiger partial charge is 0.255 e. The van der Waals surface area contributed by atoms with Gasteiger partial charge in [-0.3, -0.25) is 4.79 Å². The number of carbonyl (C=O) groups excluding carboxylic acids is 1. The Hall–Kier alpha value is -2.91. The molecule has 31 heavy (non-hydrogen) atoms. The molecule has 0 spiro atoms. The molecule has 0 N–H and O–H groups in total. The fourth-order valence-corrected chi connectivity index (χ4v) is 5.03. The van der Waals surface area contributed by atoms with Crippen LogP contribution in [0.15, 0.2) is 59.3 Å². The van der Waals surface area contributed by atoms with Crippen molar-refractivity contribution in [2.24, 2.45) is 0 Å². The molecule has 5 rings (SSSR count). The van der Waals surface area contributed by atoms with Crippen LogP contribution < -0.4 is 4.90 Å². The van der Waals surface area contributed by atoms with Crippen LogP contribution in [0.3, 0.4) is 0 Å². The highest BCUT2D eigenvalue weighted by molar-refractivity contribution is 9.10. The fraction of sp³-hybridized carbons (Fsp3) is 0.182. The summed E-state index contributed by atoms with van der Waals surface area (Å²) in [5, 5.41) is 0. The van der Waals surface area contributed by atoms with E-state index in [0.29, 0.717) is 31.7 Å². The van der Waals surface area contributed by atoms with E-state index in [1.807, 2.05) is 29.2 Å². The van der Waals surface area contributed by atoms with Crippen molar-refractivity contribution >= 4 is 49.4 Å².